The minimum atomic E-state index is -0.362. The number of aryl methyl sites for hydroxylation is 1. The molecule has 0 unspecified atom stereocenters. The summed E-state index contributed by atoms with van der Waals surface area (Å²) in [5.41, 5.74) is 4.16. The summed E-state index contributed by atoms with van der Waals surface area (Å²) < 4.78 is 18.6. The van der Waals surface area contributed by atoms with Crippen LogP contribution in [0.2, 0.25) is 0 Å². The Bertz CT molecular complexity index is 1250. The Morgan fingerprint density at radius 3 is 2.59 bits per heavy atom. The summed E-state index contributed by atoms with van der Waals surface area (Å²) in [5, 5.41) is 7.96. The van der Waals surface area contributed by atoms with E-state index in [1.165, 1.54) is 12.5 Å². The molecule has 4 aromatic rings. The van der Waals surface area contributed by atoms with Crippen LogP contribution in [0.3, 0.4) is 0 Å². The van der Waals surface area contributed by atoms with Crippen LogP contribution in [0.5, 0.6) is 0 Å². The SMILES string of the molecule is Cc1ccn(-c2ccc(Cn3cc(C(=O)NC4CCCCC4)c4c(F)cccc43)cc2)n1. The second-order valence-corrected chi connectivity index (χ2v) is 8.68. The van der Waals surface area contributed by atoms with Crippen molar-refractivity contribution in [2.24, 2.45) is 0 Å². The zero-order chi connectivity index (χ0) is 22.1. The predicted octanol–water partition coefficient (Wildman–Crippen LogP) is 5.39. The molecule has 2 heterocycles. The lowest BCUT2D eigenvalue weighted by Crippen LogP contribution is -2.36. The van der Waals surface area contributed by atoms with Gasteiger partial charge in [0.15, 0.2) is 0 Å². The van der Waals surface area contributed by atoms with E-state index in [0.29, 0.717) is 17.5 Å². The molecule has 6 heteroatoms. The minimum absolute atomic E-state index is 0.180. The largest absolute Gasteiger partial charge is 0.349 e. The Morgan fingerprint density at radius 2 is 1.88 bits per heavy atom. The van der Waals surface area contributed by atoms with Crippen molar-refractivity contribution in [1.82, 2.24) is 19.7 Å². The fourth-order valence-electron chi connectivity index (χ4n) is 4.63. The Hall–Kier alpha value is -3.41. The molecule has 1 aliphatic rings. The van der Waals surface area contributed by atoms with Gasteiger partial charge in [-0.25, -0.2) is 9.07 Å². The number of nitrogens with one attached hydrogen (secondary N) is 1. The van der Waals surface area contributed by atoms with E-state index in [2.05, 4.69) is 10.4 Å². The van der Waals surface area contributed by atoms with Crippen LogP contribution in [0.1, 0.15) is 53.7 Å². The molecule has 1 saturated carbocycles. The maximum atomic E-state index is 14.8. The van der Waals surface area contributed by atoms with Gasteiger partial charge < -0.3 is 9.88 Å². The van der Waals surface area contributed by atoms with Crippen molar-refractivity contribution in [2.45, 2.75) is 51.6 Å². The standard InChI is InChI=1S/C26H27FN4O/c1-18-14-15-31(29-18)21-12-10-19(11-13-21)16-30-17-22(25-23(27)8-5-9-24(25)30)26(32)28-20-6-3-2-4-7-20/h5,8-15,17,20H,2-4,6-7,16H2,1H3,(H,28,32). The van der Waals surface area contributed by atoms with Gasteiger partial charge in [0, 0.05) is 30.4 Å². The Labute approximate surface area is 186 Å². The second-order valence-electron chi connectivity index (χ2n) is 8.68. The van der Waals surface area contributed by atoms with Crippen molar-refractivity contribution in [1.29, 1.82) is 0 Å². The van der Waals surface area contributed by atoms with E-state index in [9.17, 15) is 9.18 Å². The third-order valence-corrected chi connectivity index (χ3v) is 6.32. The minimum Gasteiger partial charge on any atom is -0.349 e. The van der Waals surface area contributed by atoms with Crippen molar-refractivity contribution >= 4 is 16.8 Å². The molecule has 1 aliphatic carbocycles. The van der Waals surface area contributed by atoms with Gasteiger partial charge in [0.2, 0.25) is 0 Å². The van der Waals surface area contributed by atoms with E-state index < -0.39 is 0 Å². The topological polar surface area (TPSA) is 51.9 Å². The number of nitrogens with zero attached hydrogens (tertiary/aromatic N) is 3. The van der Waals surface area contributed by atoms with Gasteiger partial charge in [0.25, 0.3) is 5.91 Å². The van der Waals surface area contributed by atoms with E-state index >= 15 is 0 Å². The zero-order valence-corrected chi connectivity index (χ0v) is 18.2. The zero-order valence-electron chi connectivity index (χ0n) is 18.2. The quantitative estimate of drug-likeness (QED) is 0.462. The number of hydrogen-bond donors (Lipinski definition) is 1. The van der Waals surface area contributed by atoms with E-state index in [0.717, 1.165) is 48.1 Å². The average Bonchev–Trinajstić information content (AvgIpc) is 3.40. The maximum Gasteiger partial charge on any atom is 0.253 e. The van der Waals surface area contributed by atoms with E-state index in [1.54, 1.807) is 12.3 Å². The number of fused-ring (bicyclic) bond motifs is 1. The summed E-state index contributed by atoms with van der Waals surface area (Å²) in [5.74, 6) is -0.547. The highest BCUT2D eigenvalue weighted by Crippen LogP contribution is 2.26. The number of hydrogen-bond acceptors (Lipinski definition) is 2. The molecule has 1 fully saturated rings. The lowest BCUT2D eigenvalue weighted by Gasteiger charge is -2.22. The van der Waals surface area contributed by atoms with Crippen LogP contribution in [0.15, 0.2) is 60.9 Å². The maximum absolute atomic E-state index is 14.8. The molecule has 5 nitrogen and oxygen atoms in total. The lowest BCUT2D eigenvalue weighted by molar-refractivity contribution is 0.0929. The van der Waals surface area contributed by atoms with Gasteiger partial charge in [-0.3, -0.25) is 4.79 Å². The number of rotatable bonds is 5. The van der Waals surface area contributed by atoms with Gasteiger partial charge >= 0.3 is 0 Å². The number of carbonyl (C=O) groups excluding carboxylic acids is 1. The first kappa shape index (κ1) is 20.5. The average molecular weight is 431 g/mol. The van der Waals surface area contributed by atoms with Gasteiger partial charge in [0.05, 0.1) is 22.5 Å². The third-order valence-electron chi connectivity index (χ3n) is 6.32. The Balaban J connectivity index is 1.43. The predicted molar refractivity (Wildman–Crippen MR) is 124 cm³/mol. The van der Waals surface area contributed by atoms with Gasteiger partial charge in [-0.1, -0.05) is 37.5 Å². The fraction of sp³-hybridized carbons (Fsp3) is 0.308. The molecule has 0 saturated heterocycles. The molecular formula is C26H27FN4O. The van der Waals surface area contributed by atoms with E-state index in [-0.39, 0.29) is 17.8 Å². The molecule has 0 bridgehead atoms. The van der Waals surface area contributed by atoms with E-state index in [1.807, 2.05) is 58.8 Å². The molecule has 1 N–H and O–H groups in total. The van der Waals surface area contributed by atoms with E-state index in [4.69, 9.17) is 0 Å². The number of aromatic nitrogens is 3. The molecule has 164 valence electrons. The highest BCUT2D eigenvalue weighted by Gasteiger charge is 2.22. The second kappa shape index (κ2) is 8.61. The summed E-state index contributed by atoms with van der Waals surface area (Å²) in [6, 6.07) is 15.3. The van der Waals surface area contributed by atoms with Crippen molar-refractivity contribution in [3.05, 3.63) is 83.6 Å². The summed E-state index contributed by atoms with van der Waals surface area (Å²) >= 11 is 0. The number of amides is 1. The lowest BCUT2D eigenvalue weighted by atomic mass is 9.95. The molecule has 1 amide bonds. The van der Waals surface area contributed by atoms with Gasteiger partial charge in [-0.05, 0) is 55.7 Å². The van der Waals surface area contributed by atoms with Crippen LogP contribution in [-0.2, 0) is 6.54 Å². The van der Waals surface area contributed by atoms with Gasteiger partial charge in [-0.15, -0.1) is 0 Å². The monoisotopic (exact) mass is 430 g/mol. The molecule has 0 spiro atoms. The summed E-state index contributed by atoms with van der Waals surface area (Å²) in [6.07, 6.45) is 9.20. The first-order valence-corrected chi connectivity index (χ1v) is 11.3. The van der Waals surface area contributed by atoms with Crippen LogP contribution in [-0.4, -0.2) is 26.3 Å². The summed E-state index contributed by atoms with van der Waals surface area (Å²) in [6.45, 7) is 2.51. The Kier molecular flexibility index (Phi) is 5.52. The highest BCUT2D eigenvalue weighted by molar-refractivity contribution is 6.07. The van der Waals surface area contributed by atoms with Crippen molar-refractivity contribution < 1.29 is 9.18 Å². The smallest absolute Gasteiger partial charge is 0.253 e. The number of carbonyl (C=O) groups is 1. The number of halogens is 1. The number of benzene rings is 2. The normalized spacial score (nSPS) is 14.7. The van der Waals surface area contributed by atoms with Crippen LogP contribution in [0.4, 0.5) is 4.39 Å². The molecule has 32 heavy (non-hydrogen) atoms. The van der Waals surface area contributed by atoms with Crippen molar-refractivity contribution in [3.8, 4) is 5.69 Å². The first-order valence-electron chi connectivity index (χ1n) is 11.3. The van der Waals surface area contributed by atoms with Crippen molar-refractivity contribution in [3.63, 3.8) is 0 Å². The molecule has 0 atom stereocenters. The molecule has 0 radical (unpaired) electrons. The summed E-state index contributed by atoms with van der Waals surface area (Å²) in [4.78, 5) is 13.0. The third kappa shape index (κ3) is 4.05. The van der Waals surface area contributed by atoms with Crippen LogP contribution in [0.25, 0.3) is 16.6 Å². The van der Waals surface area contributed by atoms with Crippen molar-refractivity contribution in [2.75, 3.05) is 0 Å². The van der Waals surface area contributed by atoms with Gasteiger partial charge in [0.1, 0.15) is 5.82 Å². The van der Waals surface area contributed by atoms with Gasteiger partial charge in [-0.2, -0.15) is 5.10 Å². The van der Waals surface area contributed by atoms with Crippen LogP contribution >= 0.6 is 0 Å². The molecule has 2 aromatic carbocycles. The van der Waals surface area contributed by atoms with Crippen LogP contribution < -0.4 is 5.32 Å². The molecule has 0 aliphatic heterocycles. The highest BCUT2D eigenvalue weighted by atomic mass is 19.1. The first-order chi connectivity index (χ1) is 15.6. The Morgan fingerprint density at radius 1 is 1.09 bits per heavy atom. The molecule has 5 rings (SSSR count). The molecular weight excluding hydrogens is 403 g/mol. The van der Waals surface area contributed by atoms with Crippen LogP contribution in [0, 0.1) is 12.7 Å². The fourth-order valence-corrected chi connectivity index (χ4v) is 4.63. The molecule has 2 aromatic heterocycles. The summed E-state index contributed by atoms with van der Waals surface area (Å²) in [7, 11) is 0.